The molecule has 0 saturated carbocycles. The number of aromatic nitrogens is 2. The molecule has 0 bridgehead atoms. The van der Waals surface area contributed by atoms with Crippen molar-refractivity contribution in [3.05, 3.63) is 109 Å². The summed E-state index contributed by atoms with van der Waals surface area (Å²) in [5.41, 5.74) is 7.86. The molecule has 30 heavy (non-hydrogen) atoms. The van der Waals surface area contributed by atoms with Gasteiger partial charge in [0.15, 0.2) is 0 Å². The summed E-state index contributed by atoms with van der Waals surface area (Å²) in [5.74, 6) is 0.968. The summed E-state index contributed by atoms with van der Waals surface area (Å²) in [4.78, 5) is 7.17. The maximum absolute atomic E-state index is 4.88. The molecule has 0 aliphatic carbocycles. The molecular formula is C27H23N3. The predicted molar refractivity (Wildman–Crippen MR) is 126 cm³/mol. The molecule has 5 rings (SSSR count). The standard InChI is InChI=1S/C27H23N3/c1-20-15-17-23(18-16-20)30(22-10-4-3-5-11-22)24-12-8-9-21(19-24)27-28-25-13-6-7-14-26(25)29(27)2/h3-19H,1-2H3. The van der Waals surface area contributed by atoms with Gasteiger partial charge in [-0.1, -0.05) is 60.2 Å². The second-order valence-electron chi connectivity index (χ2n) is 7.54. The Morgan fingerprint density at radius 2 is 1.33 bits per heavy atom. The van der Waals surface area contributed by atoms with Gasteiger partial charge in [-0.2, -0.15) is 0 Å². The summed E-state index contributed by atoms with van der Waals surface area (Å²) in [6, 6.07) is 36.0. The number of para-hydroxylation sites is 3. The van der Waals surface area contributed by atoms with Crippen molar-refractivity contribution in [3.8, 4) is 11.4 Å². The van der Waals surface area contributed by atoms with E-state index in [2.05, 4.69) is 114 Å². The highest BCUT2D eigenvalue weighted by atomic mass is 15.1. The molecule has 146 valence electrons. The number of rotatable bonds is 4. The van der Waals surface area contributed by atoms with Gasteiger partial charge in [0.1, 0.15) is 5.82 Å². The molecule has 0 N–H and O–H groups in total. The Kier molecular flexibility index (Phi) is 4.56. The molecule has 5 aromatic rings. The fourth-order valence-electron chi connectivity index (χ4n) is 3.91. The lowest BCUT2D eigenvalue weighted by Crippen LogP contribution is -2.10. The monoisotopic (exact) mass is 389 g/mol. The summed E-state index contributed by atoms with van der Waals surface area (Å²) in [6.45, 7) is 2.11. The van der Waals surface area contributed by atoms with Crippen LogP contribution in [0.1, 0.15) is 5.56 Å². The van der Waals surface area contributed by atoms with E-state index in [1.54, 1.807) is 0 Å². The summed E-state index contributed by atoms with van der Waals surface area (Å²) in [7, 11) is 2.08. The van der Waals surface area contributed by atoms with Crippen molar-refractivity contribution in [3.63, 3.8) is 0 Å². The smallest absolute Gasteiger partial charge is 0.140 e. The van der Waals surface area contributed by atoms with Crippen molar-refractivity contribution in [2.45, 2.75) is 6.92 Å². The highest BCUT2D eigenvalue weighted by Gasteiger charge is 2.15. The number of benzene rings is 4. The van der Waals surface area contributed by atoms with Crippen LogP contribution in [0.5, 0.6) is 0 Å². The molecule has 1 aromatic heterocycles. The molecule has 3 nitrogen and oxygen atoms in total. The summed E-state index contributed by atoms with van der Waals surface area (Å²) >= 11 is 0. The Morgan fingerprint density at radius 1 is 0.667 bits per heavy atom. The van der Waals surface area contributed by atoms with Gasteiger partial charge in [-0.3, -0.25) is 0 Å². The van der Waals surface area contributed by atoms with Gasteiger partial charge >= 0.3 is 0 Å². The molecule has 0 atom stereocenters. The molecule has 0 aliphatic rings. The second kappa shape index (κ2) is 7.53. The van der Waals surface area contributed by atoms with Crippen LogP contribution in [0.2, 0.25) is 0 Å². The number of hydrogen-bond acceptors (Lipinski definition) is 2. The van der Waals surface area contributed by atoms with Gasteiger partial charge in [0.25, 0.3) is 0 Å². The molecule has 0 aliphatic heterocycles. The van der Waals surface area contributed by atoms with Gasteiger partial charge in [-0.15, -0.1) is 0 Å². The Bertz CT molecular complexity index is 1300. The lowest BCUT2D eigenvalue weighted by molar-refractivity contribution is 0.959. The number of aryl methyl sites for hydroxylation is 2. The lowest BCUT2D eigenvalue weighted by atomic mass is 10.1. The first kappa shape index (κ1) is 18.2. The number of fused-ring (bicyclic) bond motifs is 1. The van der Waals surface area contributed by atoms with Crippen LogP contribution in [-0.4, -0.2) is 9.55 Å². The lowest BCUT2D eigenvalue weighted by Gasteiger charge is -2.26. The van der Waals surface area contributed by atoms with Crippen molar-refractivity contribution >= 4 is 28.1 Å². The Hall–Kier alpha value is -3.85. The quantitative estimate of drug-likeness (QED) is 0.329. The summed E-state index contributed by atoms with van der Waals surface area (Å²) < 4.78 is 2.16. The zero-order chi connectivity index (χ0) is 20.5. The fourth-order valence-corrected chi connectivity index (χ4v) is 3.91. The molecule has 0 saturated heterocycles. The van der Waals surface area contributed by atoms with E-state index in [9.17, 15) is 0 Å². The van der Waals surface area contributed by atoms with Crippen LogP contribution in [-0.2, 0) is 7.05 Å². The first-order valence-electron chi connectivity index (χ1n) is 10.1. The SMILES string of the molecule is Cc1ccc(N(c2ccccc2)c2cccc(-c3nc4ccccc4n3C)c2)cc1. The second-order valence-corrected chi connectivity index (χ2v) is 7.54. The minimum absolute atomic E-state index is 0.968. The van der Waals surface area contributed by atoms with Gasteiger partial charge < -0.3 is 9.47 Å². The largest absolute Gasteiger partial charge is 0.327 e. The van der Waals surface area contributed by atoms with Crippen LogP contribution in [0.25, 0.3) is 22.4 Å². The first-order chi connectivity index (χ1) is 14.7. The zero-order valence-corrected chi connectivity index (χ0v) is 17.2. The number of nitrogens with zero attached hydrogens (tertiary/aromatic N) is 3. The van der Waals surface area contributed by atoms with Crippen LogP contribution in [0.15, 0.2) is 103 Å². The molecule has 0 spiro atoms. The van der Waals surface area contributed by atoms with Gasteiger partial charge in [-0.05, 0) is 55.5 Å². The highest BCUT2D eigenvalue weighted by molar-refractivity contribution is 5.83. The van der Waals surface area contributed by atoms with Crippen molar-refractivity contribution in [2.24, 2.45) is 7.05 Å². The van der Waals surface area contributed by atoms with Gasteiger partial charge in [0, 0.05) is 29.7 Å². The van der Waals surface area contributed by atoms with Crippen molar-refractivity contribution in [1.29, 1.82) is 0 Å². The Labute approximate surface area is 176 Å². The topological polar surface area (TPSA) is 21.1 Å². The normalized spacial score (nSPS) is 11.0. The Balaban J connectivity index is 1.65. The van der Waals surface area contributed by atoms with Crippen LogP contribution < -0.4 is 4.90 Å². The molecule has 0 radical (unpaired) electrons. The maximum Gasteiger partial charge on any atom is 0.140 e. The first-order valence-corrected chi connectivity index (χ1v) is 10.1. The third-order valence-corrected chi connectivity index (χ3v) is 5.46. The van der Waals surface area contributed by atoms with E-state index in [4.69, 9.17) is 4.98 Å². The maximum atomic E-state index is 4.88. The van der Waals surface area contributed by atoms with E-state index >= 15 is 0 Å². The number of anilines is 3. The minimum Gasteiger partial charge on any atom is -0.327 e. The van der Waals surface area contributed by atoms with E-state index in [1.807, 2.05) is 12.1 Å². The van der Waals surface area contributed by atoms with Crippen LogP contribution in [0.3, 0.4) is 0 Å². The van der Waals surface area contributed by atoms with Crippen LogP contribution >= 0.6 is 0 Å². The molecular weight excluding hydrogens is 366 g/mol. The van der Waals surface area contributed by atoms with E-state index in [0.29, 0.717) is 0 Å². The molecule has 0 unspecified atom stereocenters. The van der Waals surface area contributed by atoms with Crippen LogP contribution in [0.4, 0.5) is 17.1 Å². The van der Waals surface area contributed by atoms with Crippen molar-refractivity contribution < 1.29 is 0 Å². The molecule has 0 amide bonds. The van der Waals surface area contributed by atoms with Gasteiger partial charge in [0.2, 0.25) is 0 Å². The van der Waals surface area contributed by atoms with Crippen molar-refractivity contribution in [2.75, 3.05) is 4.90 Å². The van der Waals surface area contributed by atoms with E-state index in [1.165, 1.54) is 5.56 Å². The summed E-state index contributed by atoms with van der Waals surface area (Å²) in [5, 5.41) is 0. The zero-order valence-electron chi connectivity index (χ0n) is 17.2. The van der Waals surface area contributed by atoms with Crippen molar-refractivity contribution in [1.82, 2.24) is 9.55 Å². The minimum atomic E-state index is 0.968. The molecule has 4 aromatic carbocycles. The number of hydrogen-bond donors (Lipinski definition) is 0. The highest BCUT2D eigenvalue weighted by Crippen LogP contribution is 2.36. The van der Waals surface area contributed by atoms with Gasteiger partial charge in [-0.25, -0.2) is 4.98 Å². The molecule has 3 heteroatoms. The van der Waals surface area contributed by atoms with E-state index in [0.717, 1.165) is 39.5 Å². The Morgan fingerprint density at radius 3 is 2.10 bits per heavy atom. The fraction of sp³-hybridized carbons (Fsp3) is 0.0741. The van der Waals surface area contributed by atoms with E-state index < -0.39 is 0 Å². The molecule has 1 heterocycles. The number of imidazole rings is 1. The van der Waals surface area contributed by atoms with E-state index in [-0.39, 0.29) is 0 Å². The van der Waals surface area contributed by atoms with Crippen LogP contribution in [0, 0.1) is 6.92 Å². The molecule has 0 fully saturated rings. The predicted octanol–water partition coefficient (Wildman–Crippen LogP) is 7.02. The third-order valence-electron chi connectivity index (χ3n) is 5.46. The average molecular weight is 390 g/mol. The summed E-state index contributed by atoms with van der Waals surface area (Å²) in [6.07, 6.45) is 0. The van der Waals surface area contributed by atoms with Gasteiger partial charge in [0.05, 0.1) is 11.0 Å². The third kappa shape index (κ3) is 3.25. The average Bonchev–Trinajstić information content (AvgIpc) is 3.13.